The Morgan fingerprint density at radius 2 is 1.60 bits per heavy atom. The van der Waals surface area contributed by atoms with E-state index in [0.29, 0.717) is 64.2 Å². The van der Waals surface area contributed by atoms with E-state index in [1.807, 2.05) is 54.5 Å². The van der Waals surface area contributed by atoms with Gasteiger partial charge in [-0.1, -0.05) is 46.8 Å². The first-order valence-corrected chi connectivity index (χ1v) is 21.1. The third-order valence-corrected chi connectivity index (χ3v) is 13.1. The van der Waals surface area contributed by atoms with E-state index in [9.17, 15) is 29.4 Å². The van der Waals surface area contributed by atoms with Crippen molar-refractivity contribution in [1.82, 2.24) is 4.90 Å². The molecule has 3 aliphatic heterocycles. The number of cyclic esters (lactones) is 1. The Morgan fingerprint density at radius 1 is 0.891 bits per heavy atom. The molecule has 1 amide bonds. The summed E-state index contributed by atoms with van der Waals surface area (Å²) >= 11 is 0. The molecule has 0 aromatic carbocycles. The molecule has 2 bridgehead atoms. The van der Waals surface area contributed by atoms with Crippen molar-refractivity contribution < 1.29 is 48.3 Å². The normalized spacial score (nSPS) is 41.0. The highest BCUT2D eigenvalue weighted by Crippen LogP contribution is 2.35. The molecule has 11 heteroatoms. The van der Waals surface area contributed by atoms with Crippen LogP contribution in [0.4, 0.5) is 0 Å². The van der Waals surface area contributed by atoms with E-state index in [4.69, 9.17) is 18.9 Å². The third-order valence-electron chi connectivity index (χ3n) is 13.1. The van der Waals surface area contributed by atoms with Crippen molar-refractivity contribution in [2.24, 2.45) is 35.5 Å². The lowest BCUT2D eigenvalue weighted by Crippen LogP contribution is -2.54. The van der Waals surface area contributed by atoms with Crippen molar-refractivity contribution in [3.8, 4) is 0 Å². The Morgan fingerprint density at radius 3 is 2.27 bits per heavy atom. The number of Topliss-reactive ketones (excluding diaryl/α,β-unsaturated/α-hetero) is 2. The maximum Gasteiger partial charge on any atom is 0.329 e. The number of carbonyl (C=O) groups is 4. The molecule has 0 aromatic rings. The minimum Gasteiger partial charge on any atom is -0.456 e. The van der Waals surface area contributed by atoms with E-state index < -0.39 is 54.2 Å². The van der Waals surface area contributed by atoms with Gasteiger partial charge in [-0.3, -0.25) is 14.4 Å². The molecule has 3 heterocycles. The molecule has 4 aliphatic rings. The zero-order valence-electron chi connectivity index (χ0n) is 35.0. The topological polar surface area (TPSA) is 149 Å². The third kappa shape index (κ3) is 11.6. The molecular weight excluding hydrogens is 702 g/mol. The summed E-state index contributed by atoms with van der Waals surface area (Å²) in [6.45, 7) is 14.1. The number of aliphatic hydroxyl groups excluding tert-OH is 2. The highest BCUT2D eigenvalue weighted by molar-refractivity contribution is 6.38. The van der Waals surface area contributed by atoms with Gasteiger partial charge in [-0.05, 0) is 125 Å². The molecule has 0 aromatic heterocycles. The Balaban J connectivity index is 1.73. The summed E-state index contributed by atoms with van der Waals surface area (Å²) in [5.41, 5.74) is 1.59. The summed E-state index contributed by atoms with van der Waals surface area (Å²) in [7, 11) is 3.24. The number of aliphatic hydroxyl groups is 2. The van der Waals surface area contributed by atoms with Gasteiger partial charge < -0.3 is 34.1 Å². The lowest BCUT2D eigenvalue weighted by atomic mass is 9.82. The smallest absolute Gasteiger partial charge is 0.329 e. The van der Waals surface area contributed by atoms with Crippen molar-refractivity contribution in [2.75, 3.05) is 20.8 Å². The van der Waals surface area contributed by atoms with Crippen LogP contribution in [0.25, 0.3) is 0 Å². The fraction of sp³-hybridized carbons (Fsp3) is 0.818. The van der Waals surface area contributed by atoms with Crippen molar-refractivity contribution in [2.45, 2.75) is 174 Å². The van der Waals surface area contributed by atoms with E-state index >= 15 is 0 Å². The van der Waals surface area contributed by atoms with Crippen molar-refractivity contribution >= 4 is 23.4 Å². The maximum atomic E-state index is 14.3. The molecule has 4 rings (SSSR count). The number of nitrogens with zero attached hydrogens (tertiary/aromatic N) is 1. The molecule has 2 N–H and O–H groups in total. The Bertz CT molecular complexity index is 1380. The van der Waals surface area contributed by atoms with Crippen molar-refractivity contribution in [3.63, 3.8) is 0 Å². The molecule has 14 atom stereocenters. The number of amides is 1. The van der Waals surface area contributed by atoms with E-state index in [-0.39, 0.29) is 66.5 Å². The first kappa shape index (κ1) is 45.3. The molecule has 0 spiro atoms. The predicted octanol–water partition coefficient (Wildman–Crippen LogP) is 6.16. The number of rotatable bonds is 5. The van der Waals surface area contributed by atoms with E-state index in [1.54, 1.807) is 14.2 Å². The molecule has 1 saturated carbocycles. The second-order valence-electron chi connectivity index (χ2n) is 17.5. The number of hydrogen-bond donors (Lipinski definition) is 2. The molecule has 312 valence electrons. The minimum atomic E-state index is -0.996. The molecule has 1 aliphatic carbocycles. The van der Waals surface area contributed by atoms with Gasteiger partial charge in [0.1, 0.15) is 24.0 Å². The van der Waals surface area contributed by atoms with Crippen LogP contribution in [0.1, 0.15) is 126 Å². The zero-order valence-corrected chi connectivity index (χ0v) is 35.0. The average molecular weight is 774 g/mol. The second-order valence-corrected chi connectivity index (χ2v) is 17.5. The number of allylic oxidation sites excluding steroid dienone is 2. The molecule has 0 radical (unpaired) electrons. The van der Waals surface area contributed by atoms with Gasteiger partial charge >= 0.3 is 5.97 Å². The van der Waals surface area contributed by atoms with E-state index in [2.05, 4.69) is 6.08 Å². The number of ketones is 2. The first-order chi connectivity index (χ1) is 26.1. The summed E-state index contributed by atoms with van der Waals surface area (Å²) in [5.74, 6) is -2.62. The van der Waals surface area contributed by atoms with Gasteiger partial charge in [0.2, 0.25) is 5.78 Å². The van der Waals surface area contributed by atoms with E-state index in [1.165, 1.54) is 4.90 Å². The largest absolute Gasteiger partial charge is 0.456 e. The summed E-state index contributed by atoms with van der Waals surface area (Å²) in [6, 6.07) is -0.921. The number of esters is 1. The number of carbonyl (C=O) groups excluding carboxylic acids is 4. The van der Waals surface area contributed by atoms with E-state index in [0.717, 1.165) is 17.6 Å². The van der Waals surface area contributed by atoms with Gasteiger partial charge in [0.05, 0.1) is 30.5 Å². The Kier molecular flexibility index (Phi) is 17.1. The standard InChI is InChI=1S/C44H71NO10/c1-10-32-23-28(5)39(48)27(4)21-29(6)42-38(53-9)20-25(2)19-37(54-42)40(49)43(50)45-18-12-11-13-33(45)44(51)55-41(26(3)14-16-34(32)46)30(7)22-31-15-17-35(47)36(24-31)52-8/h22-23,25-27,29,31-33,35-39,41-42,47-48H,10-21,24H2,1-9H3/b28-23+,30-22+/t25-,26+,27+,29-,31-,32+,33-,35+,36+,37-,38-,39?,41-,42+/m0/s1. The summed E-state index contributed by atoms with van der Waals surface area (Å²) in [5, 5.41) is 21.9. The van der Waals surface area contributed by atoms with Crippen LogP contribution in [0, 0.1) is 35.5 Å². The van der Waals surface area contributed by atoms with Crippen LogP contribution in [0.5, 0.6) is 0 Å². The second kappa shape index (κ2) is 20.8. The highest BCUT2D eigenvalue weighted by Gasteiger charge is 2.44. The van der Waals surface area contributed by atoms with Crippen LogP contribution in [-0.2, 0) is 38.1 Å². The van der Waals surface area contributed by atoms with Crippen molar-refractivity contribution in [1.29, 1.82) is 0 Å². The lowest BCUT2D eigenvalue weighted by Gasteiger charge is -2.37. The van der Waals surface area contributed by atoms with Gasteiger partial charge in [-0.25, -0.2) is 4.79 Å². The van der Waals surface area contributed by atoms with Gasteiger partial charge in [-0.15, -0.1) is 0 Å². The molecule has 2 saturated heterocycles. The summed E-state index contributed by atoms with van der Waals surface area (Å²) < 4.78 is 24.5. The van der Waals surface area contributed by atoms with Crippen LogP contribution in [-0.4, -0.2) is 108 Å². The highest BCUT2D eigenvalue weighted by atomic mass is 16.6. The van der Waals surface area contributed by atoms with Crippen molar-refractivity contribution in [3.05, 3.63) is 23.3 Å². The quantitative estimate of drug-likeness (QED) is 0.189. The summed E-state index contributed by atoms with van der Waals surface area (Å²) in [6.07, 6.45) is 6.63. The van der Waals surface area contributed by atoms with Crippen LogP contribution in [0.15, 0.2) is 23.3 Å². The van der Waals surface area contributed by atoms with Crippen LogP contribution in [0.2, 0.25) is 0 Å². The number of methoxy groups -OCH3 is 2. The lowest BCUT2D eigenvalue weighted by molar-refractivity contribution is -0.167. The first-order valence-electron chi connectivity index (χ1n) is 21.1. The predicted molar refractivity (Wildman–Crippen MR) is 210 cm³/mol. The fourth-order valence-corrected chi connectivity index (χ4v) is 9.66. The minimum absolute atomic E-state index is 0.0388. The van der Waals surface area contributed by atoms with Gasteiger partial charge in [-0.2, -0.15) is 0 Å². The average Bonchev–Trinajstić information content (AvgIpc) is 3.35. The fourth-order valence-electron chi connectivity index (χ4n) is 9.66. The van der Waals surface area contributed by atoms with Gasteiger partial charge in [0, 0.05) is 33.1 Å². The number of piperidine rings is 1. The number of fused-ring (bicyclic) bond motifs is 3. The van der Waals surface area contributed by atoms with Gasteiger partial charge in [0.15, 0.2) is 0 Å². The Labute approximate surface area is 329 Å². The van der Waals surface area contributed by atoms with Crippen LogP contribution in [0.3, 0.4) is 0 Å². The zero-order chi connectivity index (χ0) is 40.6. The summed E-state index contributed by atoms with van der Waals surface area (Å²) in [4.78, 5) is 57.8. The molecule has 3 fully saturated rings. The SMILES string of the molecule is CC[C@@H]1/C=C(\C)C(O)[C@H](C)C[C@H](C)[C@H]2O[C@@H](C[C@H](C)C[C@@H]2OC)C(=O)C(=O)N2CCCC[C@H]2C(=O)O[C@H](/C(C)=C/[C@@H]2CC[C@@H](O)[C@H](OC)C2)[C@H](C)CCC1=O. The van der Waals surface area contributed by atoms with Crippen LogP contribution < -0.4 is 0 Å². The van der Waals surface area contributed by atoms with Crippen LogP contribution >= 0.6 is 0 Å². The number of hydrogen-bond acceptors (Lipinski definition) is 10. The monoisotopic (exact) mass is 774 g/mol. The number of ether oxygens (including phenoxy) is 4. The molecular formula is C44H71NO10. The Hall–Kier alpha value is -2.44. The molecule has 1 unspecified atom stereocenters. The van der Waals surface area contributed by atoms with Gasteiger partial charge in [0.25, 0.3) is 5.91 Å². The molecule has 11 nitrogen and oxygen atoms in total. The molecule has 55 heavy (non-hydrogen) atoms. The maximum absolute atomic E-state index is 14.3.